The molecule has 14 nitrogen and oxygen atoms in total. The van der Waals surface area contributed by atoms with Gasteiger partial charge in [-0.25, -0.2) is 4.79 Å². The lowest BCUT2D eigenvalue weighted by atomic mass is 10.0. The number of hydrogen-bond donors (Lipinski definition) is 5. The maximum Gasteiger partial charge on any atom is 0.312 e. The van der Waals surface area contributed by atoms with Crippen LogP contribution < -0.4 is 27.0 Å². The van der Waals surface area contributed by atoms with Crippen molar-refractivity contribution in [2.75, 3.05) is 24.7 Å². The summed E-state index contributed by atoms with van der Waals surface area (Å²) in [6.45, 7) is 7.66. The number of unbranched alkanes of at least 4 members (excludes halogenated alkanes) is 2. The number of urea groups is 1. The number of nitrogens with zero attached hydrogens (tertiary/aromatic N) is 1. The van der Waals surface area contributed by atoms with E-state index in [0.717, 1.165) is 5.56 Å². The molecule has 0 spiro atoms. The molecule has 266 valence electrons. The van der Waals surface area contributed by atoms with Crippen LogP contribution in [0.5, 0.6) is 0 Å². The fourth-order valence-corrected chi connectivity index (χ4v) is 5.51. The molecule has 3 atom stereocenters. The number of ether oxygens (including phenoxy) is 1. The summed E-state index contributed by atoms with van der Waals surface area (Å²) in [4.78, 5) is 87.9. The number of imide groups is 1. The first-order valence-corrected chi connectivity index (χ1v) is 17.6. The number of anilines is 1. The van der Waals surface area contributed by atoms with Gasteiger partial charge in [-0.15, -0.1) is 0 Å². The van der Waals surface area contributed by atoms with Crippen LogP contribution in [0, 0.1) is 11.8 Å². The van der Waals surface area contributed by atoms with Crippen molar-refractivity contribution in [3.05, 3.63) is 29.8 Å². The summed E-state index contributed by atoms with van der Waals surface area (Å²) in [5, 5.41) is 10.4. The Balaban J connectivity index is 1.94. The van der Waals surface area contributed by atoms with Crippen molar-refractivity contribution in [1.82, 2.24) is 20.9 Å². The van der Waals surface area contributed by atoms with E-state index in [2.05, 4.69) is 21.3 Å². The minimum atomic E-state index is -0.987. The maximum absolute atomic E-state index is 13.4. The van der Waals surface area contributed by atoms with E-state index in [0.29, 0.717) is 37.9 Å². The lowest BCUT2D eigenvalue weighted by Crippen LogP contribution is -2.54. The molecule has 0 saturated carbocycles. The van der Waals surface area contributed by atoms with Gasteiger partial charge in [-0.05, 0) is 55.6 Å². The van der Waals surface area contributed by atoms with Crippen LogP contribution in [0.4, 0.5) is 10.5 Å². The van der Waals surface area contributed by atoms with Crippen LogP contribution in [-0.2, 0) is 40.1 Å². The largest absolute Gasteiger partial charge is 0.461 e. The van der Waals surface area contributed by atoms with E-state index in [1.807, 2.05) is 0 Å². The molecule has 1 aliphatic heterocycles. The van der Waals surface area contributed by atoms with E-state index in [1.165, 1.54) is 16.7 Å². The van der Waals surface area contributed by atoms with Crippen LogP contribution in [-0.4, -0.2) is 83.1 Å². The first kappa shape index (κ1) is 40.0. The summed E-state index contributed by atoms with van der Waals surface area (Å²) in [6, 6.07) is 4.14. The number of benzene rings is 1. The third-order valence-corrected chi connectivity index (χ3v) is 8.65. The second kappa shape index (κ2) is 20.3. The van der Waals surface area contributed by atoms with Crippen molar-refractivity contribution in [3.8, 4) is 0 Å². The molecular formula is C33H50N6O8S. The van der Waals surface area contributed by atoms with E-state index in [-0.39, 0.29) is 73.2 Å². The lowest BCUT2D eigenvalue weighted by molar-refractivity contribution is -0.148. The molecule has 1 heterocycles. The van der Waals surface area contributed by atoms with Gasteiger partial charge in [0, 0.05) is 31.6 Å². The number of nitrogens with two attached hydrogens (primary N) is 1. The van der Waals surface area contributed by atoms with E-state index in [9.17, 15) is 33.6 Å². The van der Waals surface area contributed by atoms with Gasteiger partial charge in [0.15, 0.2) is 0 Å². The number of primary amides is 1. The minimum absolute atomic E-state index is 0.0957. The van der Waals surface area contributed by atoms with Gasteiger partial charge < -0.3 is 31.7 Å². The first-order valence-electron chi connectivity index (χ1n) is 16.3. The van der Waals surface area contributed by atoms with Crippen LogP contribution in [0.25, 0.3) is 0 Å². The molecule has 2 rings (SSSR count). The third kappa shape index (κ3) is 13.5. The molecule has 15 heteroatoms. The number of likely N-dealkylation sites (tertiary alicyclic amines) is 1. The monoisotopic (exact) mass is 690 g/mol. The zero-order valence-corrected chi connectivity index (χ0v) is 29.3. The average Bonchev–Trinajstić information content (AvgIpc) is 3.31. The summed E-state index contributed by atoms with van der Waals surface area (Å²) in [5.41, 5.74) is 6.34. The maximum atomic E-state index is 13.4. The number of thioether (sulfide) groups is 1. The molecule has 48 heavy (non-hydrogen) atoms. The second-order valence-corrected chi connectivity index (χ2v) is 13.4. The van der Waals surface area contributed by atoms with Crippen LogP contribution in [0.15, 0.2) is 24.3 Å². The summed E-state index contributed by atoms with van der Waals surface area (Å²) < 4.78 is 5.23. The number of carbonyl (C=O) groups is 7. The molecule has 0 aromatic heterocycles. The molecule has 1 aliphatic rings. The molecule has 1 saturated heterocycles. The van der Waals surface area contributed by atoms with Crippen molar-refractivity contribution in [2.45, 2.75) is 96.6 Å². The molecule has 1 aromatic carbocycles. The standard InChI is InChI=1S/C33H50N6O8S/c1-20(2)28(38-26(40)11-7-6-8-17-39-27(41)18-25(48-5)31(39)44)30(43)37-24(10-9-16-35-33(34)46)29(42)36-23-14-12-22(13-15-23)19-47-32(45)21(3)4/h12-15,20-21,24-25,28H,6-11,16-19H2,1-5H3,(H,36,42)(H,37,43)(H,38,40)(H3,34,35,46)/t24-,25?,28-/m0/s1. The van der Waals surface area contributed by atoms with Crippen LogP contribution >= 0.6 is 11.8 Å². The molecule has 6 N–H and O–H groups in total. The van der Waals surface area contributed by atoms with Gasteiger partial charge in [-0.1, -0.05) is 46.2 Å². The SMILES string of the molecule is CSC1CC(=O)N(CCCCCC(=O)N[C@H](C(=O)N[C@@H](CCCNC(N)=O)C(=O)Nc2ccc(COC(=O)C(C)C)cc2)C(C)C)C1=O. The highest BCUT2D eigenvalue weighted by Gasteiger charge is 2.37. The van der Waals surface area contributed by atoms with Crippen molar-refractivity contribution < 1.29 is 38.3 Å². The Kier molecular flexibility index (Phi) is 16.9. The third-order valence-electron chi connectivity index (χ3n) is 7.71. The van der Waals surface area contributed by atoms with Gasteiger partial charge in [0.25, 0.3) is 0 Å². The van der Waals surface area contributed by atoms with Crippen molar-refractivity contribution in [3.63, 3.8) is 0 Å². The zero-order chi connectivity index (χ0) is 35.8. The number of carbonyl (C=O) groups excluding carboxylic acids is 7. The topological polar surface area (TPSA) is 206 Å². The quantitative estimate of drug-likeness (QED) is 0.0773. The number of amides is 7. The Morgan fingerprint density at radius 1 is 0.958 bits per heavy atom. The molecular weight excluding hydrogens is 640 g/mol. The van der Waals surface area contributed by atoms with E-state index in [1.54, 1.807) is 58.2 Å². The van der Waals surface area contributed by atoms with Gasteiger partial charge in [0.1, 0.15) is 18.7 Å². The number of esters is 1. The summed E-state index contributed by atoms with van der Waals surface area (Å²) in [5.74, 6) is -2.53. The highest BCUT2D eigenvalue weighted by atomic mass is 32.2. The van der Waals surface area contributed by atoms with Crippen LogP contribution in [0.3, 0.4) is 0 Å². The predicted molar refractivity (Wildman–Crippen MR) is 182 cm³/mol. The fraction of sp³-hybridized carbons (Fsp3) is 0.606. The summed E-state index contributed by atoms with van der Waals surface area (Å²) in [6.07, 6.45) is 4.41. The number of nitrogens with one attached hydrogen (secondary N) is 4. The summed E-state index contributed by atoms with van der Waals surface area (Å²) >= 11 is 1.37. The number of rotatable bonds is 20. The van der Waals surface area contributed by atoms with E-state index in [4.69, 9.17) is 10.5 Å². The van der Waals surface area contributed by atoms with Gasteiger partial charge >= 0.3 is 12.0 Å². The van der Waals surface area contributed by atoms with Gasteiger partial charge in [0.05, 0.1) is 11.2 Å². The molecule has 7 amide bonds. The Morgan fingerprint density at radius 2 is 1.65 bits per heavy atom. The second-order valence-electron chi connectivity index (χ2n) is 12.4. The van der Waals surface area contributed by atoms with Crippen LogP contribution in [0.2, 0.25) is 0 Å². The van der Waals surface area contributed by atoms with Gasteiger partial charge in [0.2, 0.25) is 29.5 Å². The number of hydrogen-bond acceptors (Lipinski definition) is 9. The zero-order valence-electron chi connectivity index (χ0n) is 28.5. The fourth-order valence-electron chi connectivity index (χ4n) is 4.87. The van der Waals surface area contributed by atoms with Crippen molar-refractivity contribution >= 4 is 59.0 Å². The van der Waals surface area contributed by atoms with Crippen molar-refractivity contribution in [2.24, 2.45) is 17.6 Å². The molecule has 0 radical (unpaired) electrons. The Morgan fingerprint density at radius 3 is 2.23 bits per heavy atom. The van der Waals surface area contributed by atoms with E-state index < -0.39 is 29.9 Å². The molecule has 1 unspecified atom stereocenters. The Hall–Kier alpha value is -4.14. The van der Waals surface area contributed by atoms with E-state index >= 15 is 0 Å². The molecule has 1 fully saturated rings. The molecule has 1 aromatic rings. The lowest BCUT2D eigenvalue weighted by Gasteiger charge is -2.25. The average molecular weight is 691 g/mol. The highest BCUT2D eigenvalue weighted by molar-refractivity contribution is 8.00. The normalized spacial score (nSPS) is 15.6. The molecule has 0 aliphatic carbocycles. The smallest absolute Gasteiger partial charge is 0.312 e. The summed E-state index contributed by atoms with van der Waals surface area (Å²) in [7, 11) is 0. The predicted octanol–water partition coefficient (Wildman–Crippen LogP) is 2.45. The Bertz CT molecular complexity index is 1290. The Labute approximate surface area is 286 Å². The highest BCUT2D eigenvalue weighted by Crippen LogP contribution is 2.23. The van der Waals surface area contributed by atoms with Gasteiger partial charge in [-0.3, -0.25) is 33.7 Å². The first-order chi connectivity index (χ1) is 22.7. The van der Waals surface area contributed by atoms with Gasteiger partial charge in [-0.2, -0.15) is 11.8 Å². The minimum Gasteiger partial charge on any atom is -0.461 e. The van der Waals surface area contributed by atoms with Crippen LogP contribution in [0.1, 0.15) is 78.2 Å². The molecule has 0 bridgehead atoms. The van der Waals surface area contributed by atoms with Crippen molar-refractivity contribution in [1.29, 1.82) is 0 Å².